The third-order valence-electron chi connectivity index (χ3n) is 3.27. The van der Waals surface area contributed by atoms with Crippen LogP contribution in [0.4, 0.5) is 0 Å². The maximum atomic E-state index is 4.80. The Bertz CT molecular complexity index is 133. The number of fused-ring (bicyclic) bond motifs is 1. The molecule has 0 spiro atoms. The van der Waals surface area contributed by atoms with Crippen molar-refractivity contribution in [2.75, 3.05) is 0 Å². The van der Waals surface area contributed by atoms with Crippen molar-refractivity contribution in [2.45, 2.75) is 57.5 Å². The van der Waals surface area contributed by atoms with E-state index in [2.05, 4.69) is 6.92 Å². The Hall–Kier alpha value is -0.0400. The molecule has 11 heavy (non-hydrogen) atoms. The highest BCUT2D eigenvalue weighted by atomic mass is 15.0. The number of hydrogen-bond acceptors (Lipinski definition) is 0. The predicted octanol–water partition coefficient (Wildman–Crippen LogP) is 2.33. The summed E-state index contributed by atoms with van der Waals surface area (Å²) in [4.78, 5) is 0. The van der Waals surface area contributed by atoms with Crippen molar-refractivity contribution >= 4 is 0 Å². The molecule has 2 fully saturated rings. The van der Waals surface area contributed by atoms with E-state index in [0.29, 0.717) is 6.04 Å². The van der Waals surface area contributed by atoms with Crippen LogP contribution in [0.5, 0.6) is 0 Å². The van der Waals surface area contributed by atoms with Crippen molar-refractivity contribution in [3.05, 3.63) is 0 Å². The second-order valence-corrected chi connectivity index (χ2v) is 4.19. The molecular weight excluding hydrogens is 134 g/mol. The lowest BCUT2D eigenvalue weighted by atomic mass is 9.78. The van der Waals surface area contributed by atoms with Gasteiger partial charge in [-0.05, 0) is 38.5 Å². The van der Waals surface area contributed by atoms with Crippen LogP contribution in [0, 0.1) is 5.92 Å². The Labute approximate surface area is 69.6 Å². The molecule has 1 nitrogen and oxygen atoms in total. The van der Waals surface area contributed by atoms with Gasteiger partial charge in [-0.3, -0.25) is 0 Å². The lowest BCUT2D eigenvalue weighted by molar-refractivity contribution is 0.177. The monoisotopic (exact) mass is 152 g/mol. The highest BCUT2D eigenvalue weighted by molar-refractivity contribution is 4.87. The molecule has 0 aromatic heterocycles. The van der Waals surface area contributed by atoms with Gasteiger partial charge in [-0.25, -0.2) is 5.32 Å². The molecule has 1 heteroatoms. The largest absolute Gasteiger partial charge is 0.235 e. The number of piperidine rings is 1. The minimum Gasteiger partial charge on any atom is -0.235 e. The highest BCUT2D eigenvalue weighted by Gasteiger charge is 2.30. The second kappa shape index (κ2) is 3.14. The zero-order chi connectivity index (χ0) is 7.68. The van der Waals surface area contributed by atoms with E-state index < -0.39 is 0 Å². The molecule has 0 bridgehead atoms. The summed E-state index contributed by atoms with van der Waals surface area (Å²) in [6.45, 7) is 2.27. The first-order valence-electron chi connectivity index (χ1n) is 5.06. The molecule has 1 aliphatic carbocycles. The molecule has 3 unspecified atom stereocenters. The lowest BCUT2D eigenvalue weighted by Crippen LogP contribution is -2.42. The third kappa shape index (κ3) is 1.58. The summed E-state index contributed by atoms with van der Waals surface area (Å²) >= 11 is 0. The molecule has 0 aromatic rings. The lowest BCUT2D eigenvalue weighted by Gasteiger charge is -2.37. The number of nitrogens with zero attached hydrogens (tertiary/aromatic N) is 1. The van der Waals surface area contributed by atoms with E-state index in [-0.39, 0.29) is 0 Å². The second-order valence-electron chi connectivity index (χ2n) is 4.19. The summed E-state index contributed by atoms with van der Waals surface area (Å²) in [5, 5.41) is 4.80. The molecule has 1 heterocycles. The van der Waals surface area contributed by atoms with Crippen molar-refractivity contribution in [2.24, 2.45) is 5.92 Å². The maximum Gasteiger partial charge on any atom is 0.0277 e. The first-order chi connectivity index (χ1) is 5.36. The fraction of sp³-hybridized carbons (Fsp3) is 1.00. The van der Waals surface area contributed by atoms with E-state index in [1.165, 1.54) is 38.5 Å². The van der Waals surface area contributed by atoms with Crippen LogP contribution in [0.3, 0.4) is 0 Å². The van der Waals surface area contributed by atoms with Gasteiger partial charge in [0.15, 0.2) is 0 Å². The normalized spacial score (nSPS) is 45.0. The van der Waals surface area contributed by atoms with Gasteiger partial charge in [0, 0.05) is 12.1 Å². The van der Waals surface area contributed by atoms with Crippen molar-refractivity contribution in [1.29, 1.82) is 0 Å². The van der Waals surface area contributed by atoms with Gasteiger partial charge in [0.2, 0.25) is 0 Å². The summed E-state index contributed by atoms with van der Waals surface area (Å²) in [6, 6.07) is 1.42. The molecule has 2 rings (SSSR count). The molecule has 2 aliphatic rings. The van der Waals surface area contributed by atoms with Crippen LogP contribution in [0.25, 0.3) is 0 Å². The summed E-state index contributed by atoms with van der Waals surface area (Å²) in [7, 11) is 0. The Morgan fingerprint density at radius 3 is 2.73 bits per heavy atom. The van der Waals surface area contributed by atoms with E-state index in [0.717, 1.165) is 12.0 Å². The fourth-order valence-corrected chi connectivity index (χ4v) is 2.58. The third-order valence-corrected chi connectivity index (χ3v) is 3.27. The van der Waals surface area contributed by atoms with Crippen molar-refractivity contribution < 1.29 is 0 Å². The SMILES string of the molecule is CC1CCC2CCCCC2[N]1. The average Bonchev–Trinajstić information content (AvgIpc) is 2.04. The fourth-order valence-electron chi connectivity index (χ4n) is 2.58. The van der Waals surface area contributed by atoms with E-state index in [1.54, 1.807) is 0 Å². The zero-order valence-electron chi connectivity index (χ0n) is 7.42. The predicted molar refractivity (Wildman–Crippen MR) is 46.6 cm³/mol. The Morgan fingerprint density at radius 2 is 1.82 bits per heavy atom. The summed E-state index contributed by atoms with van der Waals surface area (Å²) in [5.74, 6) is 0.972. The van der Waals surface area contributed by atoms with Gasteiger partial charge in [-0.1, -0.05) is 12.8 Å². The van der Waals surface area contributed by atoms with Gasteiger partial charge >= 0.3 is 0 Å². The summed E-state index contributed by atoms with van der Waals surface area (Å²) < 4.78 is 0. The van der Waals surface area contributed by atoms with Crippen LogP contribution in [-0.4, -0.2) is 12.1 Å². The van der Waals surface area contributed by atoms with Gasteiger partial charge in [0.05, 0.1) is 0 Å². The van der Waals surface area contributed by atoms with Crippen molar-refractivity contribution in [3.8, 4) is 0 Å². The van der Waals surface area contributed by atoms with E-state index in [9.17, 15) is 0 Å². The molecule has 0 aromatic carbocycles. The highest BCUT2D eigenvalue weighted by Crippen LogP contribution is 2.32. The standard InChI is InChI=1S/C10H18N/c1-8-6-7-9-4-2-3-5-10(9)11-8/h8-10H,2-7H2,1H3. The van der Waals surface area contributed by atoms with Gasteiger partial charge in [-0.15, -0.1) is 0 Å². The molecule has 1 saturated heterocycles. The van der Waals surface area contributed by atoms with Crippen LogP contribution >= 0.6 is 0 Å². The Morgan fingerprint density at radius 1 is 1.00 bits per heavy atom. The van der Waals surface area contributed by atoms with Gasteiger partial charge < -0.3 is 0 Å². The number of hydrogen-bond donors (Lipinski definition) is 0. The molecule has 63 valence electrons. The van der Waals surface area contributed by atoms with Crippen molar-refractivity contribution in [1.82, 2.24) is 5.32 Å². The molecule has 0 amide bonds. The van der Waals surface area contributed by atoms with Gasteiger partial charge in [0.1, 0.15) is 0 Å². The van der Waals surface area contributed by atoms with Crippen LogP contribution in [-0.2, 0) is 0 Å². The van der Waals surface area contributed by atoms with E-state index >= 15 is 0 Å². The van der Waals surface area contributed by atoms with E-state index in [1.807, 2.05) is 0 Å². The van der Waals surface area contributed by atoms with Crippen LogP contribution in [0.2, 0.25) is 0 Å². The van der Waals surface area contributed by atoms with Gasteiger partial charge in [0.25, 0.3) is 0 Å². The minimum absolute atomic E-state index is 0.661. The average molecular weight is 152 g/mol. The molecule has 0 N–H and O–H groups in total. The quantitative estimate of drug-likeness (QED) is 0.506. The molecule has 1 aliphatic heterocycles. The van der Waals surface area contributed by atoms with Crippen molar-refractivity contribution in [3.63, 3.8) is 0 Å². The molecule has 1 saturated carbocycles. The summed E-state index contributed by atoms with van der Waals surface area (Å²) in [6.07, 6.45) is 8.54. The zero-order valence-corrected chi connectivity index (χ0v) is 7.42. The first kappa shape index (κ1) is 7.60. The molecule has 3 atom stereocenters. The smallest absolute Gasteiger partial charge is 0.0277 e. The van der Waals surface area contributed by atoms with Crippen LogP contribution in [0.15, 0.2) is 0 Å². The summed E-state index contributed by atoms with van der Waals surface area (Å²) in [5.41, 5.74) is 0. The molecule has 1 radical (unpaired) electrons. The van der Waals surface area contributed by atoms with Crippen LogP contribution < -0.4 is 5.32 Å². The maximum absolute atomic E-state index is 4.80. The topological polar surface area (TPSA) is 14.1 Å². The van der Waals surface area contributed by atoms with Gasteiger partial charge in [-0.2, -0.15) is 0 Å². The number of rotatable bonds is 0. The van der Waals surface area contributed by atoms with E-state index in [4.69, 9.17) is 5.32 Å². The Balaban J connectivity index is 1.93. The first-order valence-corrected chi connectivity index (χ1v) is 5.06. The minimum atomic E-state index is 0.661. The molecular formula is C10H18N. The van der Waals surface area contributed by atoms with Crippen LogP contribution in [0.1, 0.15) is 45.4 Å². The Kier molecular flexibility index (Phi) is 2.17.